The summed E-state index contributed by atoms with van der Waals surface area (Å²) in [5.41, 5.74) is 2.39. The summed E-state index contributed by atoms with van der Waals surface area (Å²) >= 11 is 12.8. The monoisotopic (exact) mass is 384 g/mol. The van der Waals surface area contributed by atoms with E-state index in [0.717, 1.165) is 43.2 Å². The molecule has 0 aliphatic carbocycles. The molecule has 1 fully saturated rings. The van der Waals surface area contributed by atoms with Gasteiger partial charge in [0.2, 0.25) is 0 Å². The molecule has 1 atom stereocenters. The van der Waals surface area contributed by atoms with E-state index < -0.39 is 0 Å². The summed E-state index contributed by atoms with van der Waals surface area (Å²) in [6, 6.07) is 21.2. The number of hydrogen-bond acceptors (Lipinski definition) is 2. The first-order valence-electron chi connectivity index (χ1n) is 9.11. The molecule has 0 spiro atoms. The molecule has 1 unspecified atom stereocenters. The van der Waals surface area contributed by atoms with Crippen LogP contribution in [0.25, 0.3) is 10.8 Å². The molecule has 0 saturated carbocycles. The Labute approximate surface area is 164 Å². The summed E-state index contributed by atoms with van der Waals surface area (Å²) in [7, 11) is 0. The van der Waals surface area contributed by atoms with Crippen LogP contribution in [0.4, 0.5) is 0 Å². The number of hydrogen-bond donors (Lipinski definition) is 1. The van der Waals surface area contributed by atoms with Gasteiger partial charge in [-0.05, 0) is 53.1 Å². The van der Waals surface area contributed by atoms with Gasteiger partial charge >= 0.3 is 0 Å². The second-order valence-electron chi connectivity index (χ2n) is 6.81. The Morgan fingerprint density at radius 1 is 0.846 bits per heavy atom. The van der Waals surface area contributed by atoms with Crippen molar-refractivity contribution >= 4 is 34.0 Å². The van der Waals surface area contributed by atoms with Crippen molar-refractivity contribution in [3.63, 3.8) is 0 Å². The van der Waals surface area contributed by atoms with Gasteiger partial charge in [-0.25, -0.2) is 0 Å². The lowest BCUT2D eigenvalue weighted by molar-refractivity contribution is 0.241. The van der Waals surface area contributed by atoms with E-state index >= 15 is 0 Å². The Kier molecular flexibility index (Phi) is 5.46. The first-order valence-corrected chi connectivity index (χ1v) is 9.86. The lowest BCUT2D eigenvalue weighted by Gasteiger charge is -2.32. The van der Waals surface area contributed by atoms with Crippen LogP contribution in [0.1, 0.15) is 23.6 Å². The maximum Gasteiger partial charge on any atom is 0.0617 e. The summed E-state index contributed by atoms with van der Waals surface area (Å²) in [5.74, 6) is 0. The average Bonchev–Trinajstić information content (AvgIpc) is 2.93. The van der Waals surface area contributed by atoms with Crippen LogP contribution in [0, 0.1) is 0 Å². The van der Waals surface area contributed by atoms with Gasteiger partial charge in [-0.15, -0.1) is 0 Å². The molecule has 0 aromatic heterocycles. The fourth-order valence-corrected chi connectivity index (χ4v) is 4.32. The predicted molar refractivity (Wildman–Crippen MR) is 111 cm³/mol. The highest BCUT2D eigenvalue weighted by Crippen LogP contribution is 2.36. The second kappa shape index (κ2) is 7.98. The number of halogens is 2. The fourth-order valence-electron chi connectivity index (χ4n) is 3.81. The largest absolute Gasteiger partial charge is 0.315 e. The van der Waals surface area contributed by atoms with Gasteiger partial charge in [-0.1, -0.05) is 65.7 Å². The molecule has 2 nitrogen and oxygen atoms in total. The summed E-state index contributed by atoms with van der Waals surface area (Å²) in [6.07, 6.45) is 1.13. The Hall–Kier alpha value is -1.58. The zero-order valence-corrected chi connectivity index (χ0v) is 16.1. The molecule has 3 aromatic rings. The zero-order chi connectivity index (χ0) is 17.9. The first-order chi connectivity index (χ1) is 12.7. The third-order valence-corrected chi connectivity index (χ3v) is 5.65. The van der Waals surface area contributed by atoms with Crippen LogP contribution in [0.2, 0.25) is 10.0 Å². The van der Waals surface area contributed by atoms with E-state index in [0.29, 0.717) is 5.02 Å². The summed E-state index contributed by atoms with van der Waals surface area (Å²) in [4.78, 5) is 2.53. The minimum atomic E-state index is 0.129. The quantitative estimate of drug-likeness (QED) is 0.638. The Balaban J connectivity index is 1.82. The van der Waals surface area contributed by atoms with Crippen molar-refractivity contribution in [3.05, 3.63) is 81.8 Å². The lowest BCUT2D eigenvalue weighted by atomic mass is 9.94. The van der Waals surface area contributed by atoms with Crippen LogP contribution < -0.4 is 5.32 Å². The van der Waals surface area contributed by atoms with Crippen molar-refractivity contribution in [3.8, 4) is 0 Å². The van der Waals surface area contributed by atoms with Crippen molar-refractivity contribution in [1.29, 1.82) is 0 Å². The van der Waals surface area contributed by atoms with E-state index in [1.54, 1.807) is 0 Å². The topological polar surface area (TPSA) is 15.3 Å². The molecule has 26 heavy (non-hydrogen) atoms. The Morgan fingerprint density at radius 3 is 2.54 bits per heavy atom. The van der Waals surface area contributed by atoms with E-state index in [1.165, 1.54) is 16.3 Å². The van der Waals surface area contributed by atoms with Crippen molar-refractivity contribution in [2.75, 3.05) is 26.2 Å². The minimum Gasteiger partial charge on any atom is -0.315 e. The highest BCUT2D eigenvalue weighted by Gasteiger charge is 2.25. The van der Waals surface area contributed by atoms with E-state index in [9.17, 15) is 0 Å². The summed E-state index contributed by atoms with van der Waals surface area (Å²) < 4.78 is 0. The molecule has 4 rings (SSSR count). The highest BCUT2D eigenvalue weighted by molar-refractivity contribution is 6.35. The summed E-state index contributed by atoms with van der Waals surface area (Å²) in [6.45, 7) is 4.10. The number of fused-ring (bicyclic) bond motifs is 1. The molecule has 1 N–H and O–H groups in total. The van der Waals surface area contributed by atoms with E-state index in [-0.39, 0.29) is 6.04 Å². The van der Waals surface area contributed by atoms with Gasteiger partial charge in [0.25, 0.3) is 0 Å². The maximum absolute atomic E-state index is 6.63. The van der Waals surface area contributed by atoms with Gasteiger partial charge < -0.3 is 5.32 Å². The second-order valence-corrected chi connectivity index (χ2v) is 7.66. The SMILES string of the molecule is Clc1ccc(C(c2ccc3ccccc3c2)N2CCCNCC2)c(Cl)c1. The Morgan fingerprint density at radius 2 is 1.69 bits per heavy atom. The van der Waals surface area contributed by atoms with Crippen molar-refractivity contribution < 1.29 is 0 Å². The number of nitrogens with zero attached hydrogens (tertiary/aromatic N) is 1. The number of rotatable bonds is 3. The molecule has 4 heteroatoms. The van der Waals surface area contributed by atoms with Crippen LogP contribution in [-0.2, 0) is 0 Å². The average molecular weight is 385 g/mol. The molecular weight excluding hydrogens is 363 g/mol. The normalized spacial score (nSPS) is 17.2. The van der Waals surface area contributed by atoms with E-state index in [4.69, 9.17) is 23.2 Å². The van der Waals surface area contributed by atoms with E-state index in [2.05, 4.69) is 58.7 Å². The zero-order valence-electron chi connectivity index (χ0n) is 14.6. The van der Waals surface area contributed by atoms with Crippen molar-refractivity contribution in [2.45, 2.75) is 12.5 Å². The molecular formula is C22H22Cl2N2. The van der Waals surface area contributed by atoms with Crippen LogP contribution in [0.15, 0.2) is 60.7 Å². The van der Waals surface area contributed by atoms with Gasteiger partial charge in [0.05, 0.1) is 6.04 Å². The van der Waals surface area contributed by atoms with Crippen LogP contribution in [-0.4, -0.2) is 31.1 Å². The molecule has 134 valence electrons. The maximum atomic E-state index is 6.63. The molecule has 1 saturated heterocycles. The van der Waals surface area contributed by atoms with Gasteiger partial charge in [0.1, 0.15) is 0 Å². The van der Waals surface area contributed by atoms with Crippen LogP contribution in [0.5, 0.6) is 0 Å². The van der Waals surface area contributed by atoms with Crippen LogP contribution >= 0.6 is 23.2 Å². The van der Waals surface area contributed by atoms with Gasteiger partial charge in [-0.2, -0.15) is 0 Å². The molecule has 3 aromatic carbocycles. The molecule has 0 radical (unpaired) electrons. The van der Waals surface area contributed by atoms with E-state index in [1.807, 2.05) is 12.1 Å². The third kappa shape index (κ3) is 3.74. The third-order valence-electron chi connectivity index (χ3n) is 5.09. The number of nitrogens with one attached hydrogen (secondary N) is 1. The molecule has 1 heterocycles. The molecule has 1 aliphatic heterocycles. The smallest absolute Gasteiger partial charge is 0.0617 e. The van der Waals surface area contributed by atoms with Gasteiger partial charge in [-0.3, -0.25) is 4.90 Å². The standard InChI is InChI=1S/C22H22Cl2N2/c23-19-8-9-20(21(24)15-19)22(26-12-3-10-25-11-13-26)18-7-6-16-4-1-2-5-17(16)14-18/h1-2,4-9,14-15,22,25H,3,10-13H2. The summed E-state index contributed by atoms with van der Waals surface area (Å²) in [5, 5.41) is 7.41. The molecule has 0 bridgehead atoms. The van der Waals surface area contributed by atoms with Crippen molar-refractivity contribution in [1.82, 2.24) is 10.2 Å². The first kappa shape index (κ1) is 17.8. The van der Waals surface area contributed by atoms with Gasteiger partial charge in [0, 0.05) is 29.7 Å². The molecule has 0 amide bonds. The predicted octanol–water partition coefficient (Wildman–Crippen LogP) is 5.53. The van der Waals surface area contributed by atoms with Crippen LogP contribution in [0.3, 0.4) is 0 Å². The lowest BCUT2D eigenvalue weighted by Crippen LogP contribution is -2.33. The van der Waals surface area contributed by atoms with Gasteiger partial charge in [0.15, 0.2) is 0 Å². The number of benzene rings is 3. The highest BCUT2D eigenvalue weighted by atomic mass is 35.5. The molecule has 1 aliphatic rings. The fraction of sp³-hybridized carbons (Fsp3) is 0.273. The Bertz CT molecular complexity index is 902. The minimum absolute atomic E-state index is 0.129. The van der Waals surface area contributed by atoms with Crippen molar-refractivity contribution in [2.24, 2.45) is 0 Å².